The molecule has 1 saturated heterocycles. The molecule has 2 atom stereocenters. The Hall–Kier alpha value is -1.38. The van der Waals surface area contributed by atoms with Gasteiger partial charge >= 0.3 is 5.97 Å². The van der Waals surface area contributed by atoms with Gasteiger partial charge in [0.15, 0.2) is 0 Å². The van der Waals surface area contributed by atoms with Gasteiger partial charge in [-0.2, -0.15) is 11.5 Å². The van der Waals surface area contributed by atoms with Gasteiger partial charge in [0.2, 0.25) is 0 Å². The van der Waals surface area contributed by atoms with Crippen LogP contribution in [-0.2, 0) is 60.7 Å². The minimum atomic E-state index is -0.227. The summed E-state index contributed by atoms with van der Waals surface area (Å²) in [4.78, 5) is 21.6. The van der Waals surface area contributed by atoms with Crippen molar-refractivity contribution in [3.8, 4) is 0 Å². The molecule has 2 aliphatic heterocycles. The van der Waals surface area contributed by atoms with Crippen LogP contribution in [0.1, 0.15) is 31.2 Å². The van der Waals surface area contributed by atoms with Crippen LogP contribution in [0, 0.1) is 0 Å². The summed E-state index contributed by atoms with van der Waals surface area (Å²) >= 11 is 10.1. The van der Waals surface area contributed by atoms with Gasteiger partial charge in [-0.25, -0.2) is 4.79 Å². The second kappa shape index (κ2) is 16.0. The van der Waals surface area contributed by atoms with Crippen molar-refractivity contribution in [3.63, 3.8) is 0 Å². The Balaban J connectivity index is 0.00000253. The molecule has 209 valence electrons. The molecule has 4 rings (SSSR count). The van der Waals surface area contributed by atoms with E-state index in [-0.39, 0.29) is 50.4 Å². The van der Waals surface area contributed by atoms with Gasteiger partial charge in [-0.05, 0) is 72.6 Å². The van der Waals surface area contributed by atoms with E-state index in [1.807, 2.05) is 12.1 Å². The fourth-order valence-corrected chi connectivity index (χ4v) is 6.01. The number of rotatable bonds is 12. The fraction of sp³-hybridized carbons (Fsp3) is 0.500. The van der Waals surface area contributed by atoms with Crippen molar-refractivity contribution >= 4 is 53.5 Å². The first-order valence-electron chi connectivity index (χ1n) is 12.7. The number of hydrogen-bond acceptors (Lipinski definition) is 8. The number of aliphatic imine (C=N–C) groups is 1. The zero-order valence-electron chi connectivity index (χ0n) is 21.6. The van der Waals surface area contributed by atoms with Crippen molar-refractivity contribution in [1.82, 2.24) is 9.80 Å². The molecule has 0 aliphatic carbocycles. The Kier molecular flexibility index (Phi) is 13.8. The summed E-state index contributed by atoms with van der Waals surface area (Å²) in [6.45, 7) is 3.02. The van der Waals surface area contributed by atoms with Crippen LogP contribution in [0.25, 0.3) is 16.3 Å². The Bertz CT molecular complexity index is 1130. The van der Waals surface area contributed by atoms with Gasteiger partial charge < -0.3 is 50.5 Å². The number of esters is 1. The van der Waals surface area contributed by atoms with Gasteiger partial charge in [0, 0.05) is 52.1 Å². The molecule has 1 radical (unpaired) electrons. The van der Waals surface area contributed by atoms with E-state index in [0.29, 0.717) is 30.6 Å². The molecule has 2 aromatic carbocycles. The summed E-state index contributed by atoms with van der Waals surface area (Å²) in [5.74, 6) is 0.683. The van der Waals surface area contributed by atoms with Crippen molar-refractivity contribution in [2.45, 2.75) is 37.8 Å². The number of carbonyl (C=O) groups is 1. The fourth-order valence-electron chi connectivity index (χ4n) is 5.66. The van der Waals surface area contributed by atoms with Crippen molar-refractivity contribution < 1.29 is 40.5 Å². The van der Waals surface area contributed by atoms with E-state index >= 15 is 0 Å². The van der Waals surface area contributed by atoms with Crippen LogP contribution in [0.5, 0.6) is 0 Å². The van der Waals surface area contributed by atoms with Crippen molar-refractivity contribution in [2.75, 3.05) is 51.3 Å². The number of carbonyl (C=O) groups excluding carboxylic acids is 1. The predicted octanol–water partition coefficient (Wildman–Crippen LogP) is 2.43. The van der Waals surface area contributed by atoms with Crippen LogP contribution in [0.2, 0.25) is 0 Å². The first-order chi connectivity index (χ1) is 17.5. The van der Waals surface area contributed by atoms with Gasteiger partial charge in [-0.1, -0.05) is 36.4 Å². The first-order valence-corrected chi connectivity index (χ1v) is 13.9. The second-order valence-electron chi connectivity index (χ2n) is 9.45. The molecule has 38 heavy (non-hydrogen) atoms. The van der Waals surface area contributed by atoms with Crippen LogP contribution in [-0.4, -0.2) is 85.1 Å². The van der Waals surface area contributed by atoms with E-state index < -0.39 is 0 Å². The molecular weight excluding hydrogens is 693 g/mol. The van der Waals surface area contributed by atoms with Crippen molar-refractivity contribution in [3.05, 3.63) is 53.6 Å². The third kappa shape index (κ3) is 7.85. The standard InChI is InChI=1S/C28H37N3O3S2.O.Re/c1-34-28(33)27-24(22-8-7-20-5-2-3-6-21(20)17-22)18-23-9-10-25(27)31(23)13-4-12-30(14-16-36)19-26(32)29-11-15-35;;/h2-3,5-8,17,23,25,35-36H,4,9-16,18-19H2,1H3,(H,29,32);;/q;-2;/p-3/t23?,25-;;/m1../s1. The molecule has 2 aliphatic rings. The maximum absolute atomic E-state index is 13.0. The van der Waals surface area contributed by atoms with E-state index in [9.17, 15) is 9.90 Å². The maximum Gasteiger partial charge on any atom is 0.335 e. The molecule has 0 amide bonds. The van der Waals surface area contributed by atoms with Gasteiger partial charge in [0.1, 0.15) is 0 Å². The molecular formula is C28H34N3O4ReS2-5. The normalized spacial score (nSPS) is 19.4. The first kappa shape index (κ1) is 32.8. The van der Waals surface area contributed by atoms with Crippen LogP contribution in [0.3, 0.4) is 0 Å². The molecule has 0 saturated carbocycles. The van der Waals surface area contributed by atoms with E-state index in [4.69, 9.17) is 30.0 Å². The van der Waals surface area contributed by atoms with Crippen LogP contribution in [0.4, 0.5) is 0 Å². The maximum atomic E-state index is 13.0. The summed E-state index contributed by atoms with van der Waals surface area (Å²) in [6.07, 6.45) is 3.76. The third-order valence-corrected chi connectivity index (χ3v) is 7.65. The predicted molar refractivity (Wildman–Crippen MR) is 150 cm³/mol. The molecule has 7 nitrogen and oxygen atoms in total. The molecule has 0 spiro atoms. The summed E-state index contributed by atoms with van der Waals surface area (Å²) in [6, 6.07) is 15.2. The minimum absolute atomic E-state index is 0. The molecule has 2 bridgehead atoms. The molecule has 0 N–H and O–H groups in total. The zero-order valence-corrected chi connectivity index (χ0v) is 26.0. The topological polar surface area (TPSA) is 96.7 Å². The van der Waals surface area contributed by atoms with Gasteiger partial charge in [-0.15, -0.1) is 0 Å². The van der Waals surface area contributed by atoms with Gasteiger partial charge in [0.25, 0.3) is 0 Å². The van der Waals surface area contributed by atoms with E-state index in [2.05, 4.69) is 45.1 Å². The van der Waals surface area contributed by atoms with Crippen molar-refractivity contribution in [2.24, 2.45) is 4.99 Å². The Morgan fingerprint density at radius 3 is 2.61 bits per heavy atom. The van der Waals surface area contributed by atoms with Gasteiger partial charge in [0.05, 0.1) is 12.7 Å². The van der Waals surface area contributed by atoms with E-state index in [1.54, 1.807) is 0 Å². The van der Waals surface area contributed by atoms with E-state index in [0.717, 1.165) is 55.5 Å². The number of benzene rings is 2. The van der Waals surface area contributed by atoms with Crippen molar-refractivity contribution in [1.29, 1.82) is 0 Å². The summed E-state index contributed by atoms with van der Waals surface area (Å²) in [5.41, 5.74) is 3.04. The Morgan fingerprint density at radius 1 is 1.13 bits per heavy atom. The summed E-state index contributed by atoms with van der Waals surface area (Å²) in [7, 11) is 1.47. The summed E-state index contributed by atoms with van der Waals surface area (Å²) in [5, 5.41) is 14.5. The molecule has 1 unspecified atom stereocenters. The smallest absolute Gasteiger partial charge is 0.335 e. The van der Waals surface area contributed by atoms with Crippen LogP contribution >= 0.6 is 0 Å². The van der Waals surface area contributed by atoms with Crippen LogP contribution in [0.15, 0.2) is 53.0 Å². The minimum Gasteiger partial charge on any atom is -2.00 e. The number of fused-ring (bicyclic) bond motifs is 3. The molecule has 2 heterocycles. The second-order valence-corrected chi connectivity index (χ2v) is 10.3. The largest absolute Gasteiger partial charge is 2.00 e. The molecule has 0 aromatic heterocycles. The molecule has 2 aromatic rings. The SMILES string of the molecule is COC(=O)C1=C(c2ccc3ccccc3c2)CC2CC[C@H]1N2CCCN(CC[S-])CC([O-])=NCC[S-].[O-2].[Re]. The Labute approximate surface area is 250 Å². The zero-order chi connectivity index (χ0) is 25.5. The number of ether oxygens (including phenoxy) is 1. The molecule has 1 fully saturated rings. The Morgan fingerprint density at radius 2 is 1.89 bits per heavy atom. The summed E-state index contributed by atoms with van der Waals surface area (Å²) < 4.78 is 5.28. The average Bonchev–Trinajstić information content (AvgIpc) is 3.17. The average molecular weight is 727 g/mol. The number of methoxy groups -OCH3 is 1. The van der Waals surface area contributed by atoms with Crippen LogP contribution < -0.4 is 5.11 Å². The number of hydrogen-bond donors (Lipinski definition) is 0. The molecule has 10 heteroatoms. The van der Waals surface area contributed by atoms with Gasteiger partial charge in [-0.3, -0.25) is 4.90 Å². The quantitative estimate of drug-likeness (QED) is 0.144. The number of nitrogens with zero attached hydrogens (tertiary/aromatic N) is 3. The van der Waals surface area contributed by atoms with E-state index in [1.165, 1.54) is 17.9 Å². The monoisotopic (exact) mass is 727 g/mol. The third-order valence-electron chi connectivity index (χ3n) is 7.28.